The standard InChI is InChI=1S/C73H44N4/c1-3-19-45(20-4-1)74-61-31-15-9-25-53(61)69-65(74)39-41-67-71(69)55-27-11-17-33-63(55)76(67)47-35-37-51-49-23-7-13-29-57(49)73(59(51)43-47)58-30-14-8-24-50(58)52-38-36-48(44-60(52)73)77-64-34-18-12-28-56(64)72-68(77)42-40-66-70(72)54-26-10-16-32-62(54)75(66)46-21-5-2-6-22-46/h1-44H/i39D,40D,41D,42D. The summed E-state index contributed by atoms with van der Waals surface area (Å²) in [6, 6.07) is 86.4. The molecule has 0 bridgehead atoms. The van der Waals surface area contributed by atoms with Crippen LogP contribution in [-0.4, -0.2) is 18.3 Å². The van der Waals surface area contributed by atoms with Gasteiger partial charge in [0.05, 0.1) is 55.0 Å². The Morgan fingerprint density at radius 3 is 0.883 bits per heavy atom. The molecule has 4 heterocycles. The molecule has 4 aromatic heterocycles. The lowest BCUT2D eigenvalue weighted by molar-refractivity contribution is 0.791. The van der Waals surface area contributed by atoms with Gasteiger partial charge in [0, 0.05) is 65.8 Å². The van der Waals surface area contributed by atoms with E-state index in [1.54, 1.807) is 0 Å². The van der Waals surface area contributed by atoms with E-state index in [1.807, 2.05) is 36.4 Å². The number of para-hydroxylation sites is 6. The summed E-state index contributed by atoms with van der Waals surface area (Å²) >= 11 is 0. The average molecular weight is 981 g/mol. The second-order valence-electron chi connectivity index (χ2n) is 20.8. The van der Waals surface area contributed by atoms with Crippen molar-refractivity contribution in [3.8, 4) is 45.0 Å². The first-order valence-corrected chi connectivity index (χ1v) is 26.4. The van der Waals surface area contributed by atoms with E-state index in [4.69, 9.17) is 0 Å². The maximum absolute atomic E-state index is 10.1. The van der Waals surface area contributed by atoms with Crippen LogP contribution in [0.25, 0.3) is 132 Å². The van der Waals surface area contributed by atoms with Crippen molar-refractivity contribution >= 4 is 87.2 Å². The molecule has 0 unspecified atom stereocenters. The SMILES string of the molecule is [2H]c1c([2H])c2c(c3ccccc3n2-c2ccc3c(c2)C2(c4ccccc4-3)c3ccccc3-c3ccc(-n4c5ccccc5c5c6c7ccccc7n(-c7ccccc7)c6c([2H])c([2H])c54)cc32)c2c3ccccc3n(-c3ccccc3)c12. The zero-order chi connectivity index (χ0) is 53.6. The van der Waals surface area contributed by atoms with E-state index >= 15 is 0 Å². The molecular formula is C73H44N4. The van der Waals surface area contributed by atoms with Gasteiger partial charge in [-0.3, -0.25) is 0 Å². The van der Waals surface area contributed by atoms with Crippen LogP contribution in [0.1, 0.15) is 27.7 Å². The van der Waals surface area contributed by atoms with Gasteiger partial charge < -0.3 is 18.3 Å². The largest absolute Gasteiger partial charge is 0.309 e. The zero-order valence-corrected chi connectivity index (χ0v) is 41.4. The first-order valence-electron chi connectivity index (χ1n) is 28.4. The van der Waals surface area contributed by atoms with Gasteiger partial charge in [0.2, 0.25) is 0 Å². The van der Waals surface area contributed by atoms with Gasteiger partial charge in [0.15, 0.2) is 0 Å². The number of benzene rings is 12. The molecule has 2 aliphatic rings. The van der Waals surface area contributed by atoms with Gasteiger partial charge in [-0.1, -0.05) is 170 Å². The summed E-state index contributed by atoms with van der Waals surface area (Å²) in [7, 11) is 0. The number of hydrogen-bond donors (Lipinski definition) is 0. The van der Waals surface area contributed by atoms with Gasteiger partial charge in [-0.15, -0.1) is 0 Å². The monoisotopic (exact) mass is 980 g/mol. The minimum Gasteiger partial charge on any atom is -0.309 e. The Balaban J connectivity index is 0.926. The van der Waals surface area contributed by atoms with Crippen molar-refractivity contribution in [3.05, 3.63) is 289 Å². The van der Waals surface area contributed by atoms with E-state index in [0.29, 0.717) is 11.0 Å². The Kier molecular flexibility index (Phi) is 7.32. The molecule has 0 radical (unpaired) electrons. The molecule has 12 aromatic carbocycles. The lowest BCUT2D eigenvalue weighted by atomic mass is 9.70. The molecule has 0 fully saturated rings. The van der Waals surface area contributed by atoms with Crippen LogP contribution in [0.4, 0.5) is 0 Å². The highest BCUT2D eigenvalue weighted by atomic mass is 15.0. The Labute approximate surface area is 448 Å². The maximum Gasteiger partial charge on any atom is 0.0727 e. The first-order chi connectivity index (χ1) is 39.9. The molecule has 4 nitrogen and oxygen atoms in total. The Morgan fingerprint density at radius 2 is 0.519 bits per heavy atom. The number of hydrogen-bond acceptors (Lipinski definition) is 0. The molecular weight excluding hydrogens is 933 g/mol. The molecule has 0 saturated heterocycles. The van der Waals surface area contributed by atoms with Crippen molar-refractivity contribution < 1.29 is 5.48 Å². The lowest BCUT2D eigenvalue weighted by Gasteiger charge is -2.31. The fourth-order valence-corrected chi connectivity index (χ4v) is 14.3. The van der Waals surface area contributed by atoms with Gasteiger partial charge in [-0.2, -0.15) is 0 Å². The van der Waals surface area contributed by atoms with Gasteiger partial charge >= 0.3 is 0 Å². The predicted octanol–water partition coefficient (Wildman–Crippen LogP) is 18.4. The highest BCUT2D eigenvalue weighted by Gasteiger charge is 2.52. The van der Waals surface area contributed by atoms with Crippen LogP contribution in [0.3, 0.4) is 0 Å². The summed E-state index contributed by atoms with van der Waals surface area (Å²) in [4.78, 5) is 0. The number of nitrogens with zero attached hydrogens (tertiary/aromatic N) is 4. The number of aromatic nitrogens is 4. The fraction of sp³-hybridized carbons (Fsp3) is 0.0137. The summed E-state index contributed by atoms with van der Waals surface area (Å²) < 4.78 is 49.1. The molecule has 0 aliphatic heterocycles. The third kappa shape index (κ3) is 5.17. The highest BCUT2D eigenvalue weighted by Crippen LogP contribution is 2.63. The number of fused-ring (bicyclic) bond motifs is 24. The molecule has 0 atom stereocenters. The van der Waals surface area contributed by atoms with Gasteiger partial charge in [-0.25, -0.2) is 0 Å². The quantitative estimate of drug-likeness (QED) is 0.167. The van der Waals surface area contributed by atoms with E-state index < -0.39 is 5.41 Å². The zero-order valence-electron chi connectivity index (χ0n) is 45.4. The number of rotatable bonds is 4. The van der Waals surface area contributed by atoms with Crippen molar-refractivity contribution in [1.82, 2.24) is 18.3 Å². The van der Waals surface area contributed by atoms with Crippen LogP contribution in [0.2, 0.25) is 0 Å². The van der Waals surface area contributed by atoms with Gasteiger partial charge in [-0.05, 0) is 141 Å². The van der Waals surface area contributed by atoms with Crippen LogP contribution in [-0.2, 0) is 5.41 Å². The van der Waals surface area contributed by atoms with Crippen LogP contribution >= 0.6 is 0 Å². The summed E-state index contributed by atoms with van der Waals surface area (Å²) in [5.74, 6) is 0. The molecule has 356 valence electrons. The van der Waals surface area contributed by atoms with Gasteiger partial charge in [0.25, 0.3) is 0 Å². The Bertz CT molecular complexity index is 5130. The fourth-order valence-electron chi connectivity index (χ4n) is 14.3. The molecule has 2 aliphatic carbocycles. The van der Waals surface area contributed by atoms with Crippen molar-refractivity contribution in [2.45, 2.75) is 5.41 Å². The molecule has 16 aromatic rings. The van der Waals surface area contributed by atoms with Crippen molar-refractivity contribution in [2.75, 3.05) is 0 Å². The molecule has 0 amide bonds. The van der Waals surface area contributed by atoms with E-state index in [0.717, 1.165) is 121 Å². The molecule has 0 saturated carbocycles. The van der Waals surface area contributed by atoms with Crippen LogP contribution in [0.15, 0.2) is 267 Å². The third-order valence-electron chi connectivity index (χ3n) is 17.2. The summed E-state index contributed by atoms with van der Waals surface area (Å²) in [6.07, 6.45) is 0. The molecule has 4 heteroatoms. The molecule has 18 rings (SSSR count). The van der Waals surface area contributed by atoms with Crippen molar-refractivity contribution in [2.24, 2.45) is 0 Å². The minimum atomic E-state index is -0.775. The second-order valence-corrected chi connectivity index (χ2v) is 20.8. The normalized spacial score (nSPS) is 14.0. The van der Waals surface area contributed by atoms with E-state index in [1.165, 1.54) is 22.3 Å². The third-order valence-corrected chi connectivity index (χ3v) is 17.2. The topological polar surface area (TPSA) is 19.7 Å². The Hall–Kier alpha value is -10.2. The average Bonchev–Trinajstić information content (AvgIpc) is 2.00. The summed E-state index contributed by atoms with van der Waals surface area (Å²) in [6.45, 7) is 0. The van der Waals surface area contributed by atoms with E-state index in [-0.39, 0.29) is 24.2 Å². The minimum absolute atomic E-state index is 0.172. The summed E-state index contributed by atoms with van der Waals surface area (Å²) in [5, 5.41) is 8.00. The van der Waals surface area contributed by atoms with Crippen LogP contribution in [0, 0.1) is 0 Å². The smallest absolute Gasteiger partial charge is 0.0727 e. The van der Waals surface area contributed by atoms with E-state index in [2.05, 4.69) is 225 Å². The molecule has 77 heavy (non-hydrogen) atoms. The maximum atomic E-state index is 10.1. The molecule has 1 spiro atoms. The van der Waals surface area contributed by atoms with Crippen molar-refractivity contribution in [3.63, 3.8) is 0 Å². The lowest BCUT2D eigenvalue weighted by Crippen LogP contribution is -2.26. The highest BCUT2D eigenvalue weighted by molar-refractivity contribution is 6.30. The summed E-state index contributed by atoms with van der Waals surface area (Å²) in [5.41, 5.74) is 19.0. The predicted molar refractivity (Wildman–Crippen MR) is 320 cm³/mol. The van der Waals surface area contributed by atoms with Crippen LogP contribution in [0.5, 0.6) is 0 Å². The van der Waals surface area contributed by atoms with Gasteiger partial charge in [0.1, 0.15) is 0 Å². The van der Waals surface area contributed by atoms with E-state index in [9.17, 15) is 5.48 Å². The Morgan fingerprint density at radius 1 is 0.234 bits per heavy atom. The first kappa shape index (κ1) is 37.6. The van der Waals surface area contributed by atoms with Crippen LogP contribution < -0.4 is 0 Å². The second kappa shape index (κ2) is 15.0. The molecule has 0 N–H and O–H groups in total. The van der Waals surface area contributed by atoms with Crippen molar-refractivity contribution in [1.29, 1.82) is 0 Å².